The Balaban J connectivity index is 1.20. The summed E-state index contributed by atoms with van der Waals surface area (Å²) in [5, 5.41) is 10.2. The Bertz CT molecular complexity index is 1660. The zero-order valence-electron chi connectivity index (χ0n) is 25.0. The molecule has 5 aliphatic rings. The van der Waals surface area contributed by atoms with E-state index in [-0.39, 0.29) is 47.5 Å². The van der Waals surface area contributed by atoms with Crippen molar-refractivity contribution in [1.82, 2.24) is 9.80 Å². The Morgan fingerprint density at radius 3 is 2.43 bits per heavy atom. The number of hydrogen-bond donors (Lipinski definition) is 1. The SMILES string of the molecule is COc1cc(O)ccc1C1C2=CCC3C(=O)N(C4CCN(Cc5ccccc5)CC4)C(=O)C3C2CC2=C1C(=O)C(C)=CC2=O. The number of rotatable bonds is 5. The minimum absolute atomic E-state index is 0.0222. The van der Waals surface area contributed by atoms with E-state index in [0.717, 1.165) is 38.0 Å². The third-order valence-corrected chi connectivity index (χ3v) is 10.3. The number of ketones is 2. The molecule has 226 valence electrons. The summed E-state index contributed by atoms with van der Waals surface area (Å²) < 4.78 is 5.64. The molecule has 0 spiro atoms. The van der Waals surface area contributed by atoms with E-state index in [9.17, 15) is 24.3 Å². The van der Waals surface area contributed by atoms with E-state index in [4.69, 9.17) is 4.74 Å². The Hall–Kier alpha value is -4.30. The molecule has 2 heterocycles. The lowest BCUT2D eigenvalue weighted by molar-refractivity contribution is -0.144. The van der Waals surface area contributed by atoms with E-state index in [1.807, 2.05) is 24.3 Å². The van der Waals surface area contributed by atoms with Crippen LogP contribution in [0.3, 0.4) is 0 Å². The minimum Gasteiger partial charge on any atom is -0.508 e. The summed E-state index contributed by atoms with van der Waals surface area (Å²) in [4.78, 5) is 59.1. The van der Waals surface area contributed by atoms with Crippen molar-refractivity contribution >= 4 is 23.4 Å². The first-order valence-electron chi connectivity index (χ1n) is 15.5. The highest BCUT2D eigenvalue weighted by Crippen LogP contribution is 2.56. The fourth-order valence-electron chi connectivity index (χ4n) is 8.22. The minimum atomic E-state index is -0.612. The molecule has 2 amide bonds. The van der Waals surface area contributed by atoms with Gasteiger partial charge in [-0.15, -0.1) is 0 Å². The van der Waals surface area contributed by atoms with Crippen molar-refractivity contribution < 1.29 is 29.0 Å². The molecular weight excluding hydrogens is 556 g/mol. The van der Waals surface area contributed by atoms with Crippen LogP contribution in [0.2, 0.25) is 0 Å². The number of benzene rings is 2. The molecule has 8 nitrogen and oxygen atoms in total. The van der Waals surface area contributed by atoms with Crippen molar-refractivity contribution in [2.24, 2.45) is 17.8 Å². The molecule has 0 bridgehead atoms. The average molecular weight is 593 g/mol. The number of ether oxygens (including phenoxy) is 1. The van der Waals surface area contributed by atoms with Gasteiger partial charge >= 0.3 is 0 Å². The number of phenolic OH excluding ortho intramolecular Hbond substituents is 1. The van der Waals surface area contributed by atoms with Crippen molar-refractivity contribution in [2.45, 2.75) is 51.1 Å². The van der Waals surface area contributed by atoms with E-state index in [1.54, 1.807) is 24.0 Å². The molecule has 0 aromatic heterocycles. The molecule has 8 heteroatoms. The number of carbonyl (C=O) groups is 4. The van der Waals surface area contributed by atoms with Gasteiger partial charge in [-0.1, -0.05) is 48.0 Å². The van der Waals surface area contributed by atoms with Crippen molar-refractivity contribution in [3.8, 4) is 11.5 Å². The van der Waals surface area contributed by atoms with Gasteiger partial charge in [-0.05, 0) is 56.2 Å². The maximum atomic E-state index is 14.3. The largest absolute Gasteiger partial charge is 0.508 e. The van der Waals surface area contributed by atoms with Crippen molar-refractivity contribution in [3.63, 3.8) is 0 Å². The first-order valence-corrected chi connectivity index (χ1v) is 15.5. The van der Waals surface area contributed by atoms with E-state index in [0.29, 0.717) is 34.5 Å². The van der Waals surface area contributed by atoms with E-state index >= 15 is 0 Å². The van der Waals surface area contributed by atoms with Crippen LogP contribution in [0.5, 0.6) is 11.5 Å². The maximum absolute atomic E-state index is 14.3. The van der Waals surface area contributed by atoms with Crippen molar-refractivity contribution in [2.75, 3.05) is 20.2 Å². The monoisotopic (exact) mass is 592 g/mol. The van der Waals surface area contributed by atoms with Gasteiger partial charge in [0.1, 0.15) is 11.5 Å². The number of phenols is 1. The third kappa shape index (κ3) is 4.54. The van der Waals surface area contributed by atoms with Gasteiger partial charge in [0.2, 0.25) is 11.8 Å². The van der Waals surface area contributed by atoms with E-state index in [2.05, 4.69) is 17.0 Å². The zero-order chi connectivity index (χ0) is 30.7. The standard InChI is InChI=1S/C36H36N2O6/c1-20-16-29(40)28-18-27-24(31(33(28)34(20)41)25-9-8-23(39)17-30(25)44-2)10-11-26-32(27)36(43)38(35(26)42)22-12-14-37(15-13-22)19-21-6-4-3-5-7-21/h3-10,16-17,22,26-27,31-32,39H,11-15,18-19H2,1-2H3. The highest BCUT2D eigenvalue weighted by atomic mass is 16.5. The van der Waals surface area contributed by atoms with Crippen LogP contribution in [0, 0.1) is 17.8 Å². The maximum Gasteiger partial charge on any atom is 0.233 e. The molecule has 1 N–H and O–H groups in total. The number of piperidine rings is 1. The van der Waals surface area contributed by atoms with Crippen LogP contribution >= 0.6 is 0 Å². The van der Waals surface area contributed by atoms with Gasteiger partial charge in [-0.3, -0.25) is 29.0 Å². The Morgan fingerprint density at radius 2 is 1.70 bits per heavy atom. The zero-order valence-corrected chi connectivity index (χ0v) is 25.0. The Morgan fingerprint density at radius 1 is 0.955 bits per heavy atom. The number of hydrogen-bond acceptors (Lipinski definition) is 7. The molecular formula is C36H36N2O6. The molecule has 4 unspecified atom stereocenters. The summed E-state index contributed by atoms with van der Waals surface area (Å²) in [7, 11) is 1.50. The van der Waals surface area contributed by atoms with Gasteiger partial charge < -0.3 is 9.84 Å². The van der Waals surface area contributed by atoms with Crippen LogP contribution in [0.25, 0.3) is 0 Å². The lowest BCUT2D eigenvalue weighted by atomic mass is 9.59. The first-order chi connectivity index (χ1) is 21.3. The van der Waals surface area contributed by atoms with Gasteiger partial charge in [0, 0.05) is 59.9 Å². The van der Waals surface area contributed by atoms with Crippen molar-refractivity contribution in [1.29, 1.82) is 0 Å². The quantitative estimate of drug-likeness (QED) is 0.310. The highest BCUT2D eigenvalue weighted by Gasteiger charge is 2.57. The summed E-state index contributed by atoms with van der Waals surface area (Å²) in [6.07, 6.45) is 5.52. The fraction of sp³-hybridized carbons (Fsp3) is 0.389. The summed E-state index contributed by atoms with van der Waals surface area (Å²) in [5.74, 6) is -2.33. The average Bonchev–Trinajstić information content (AvgIpc) is 3.29. The molecule has 2 fully saturated rings. The van der Waals surface area contributed by atoms with E-state index in [1.165, 1.54) is 24.8 Å². The lowest BCUT2D eigenvalue weighted by Gasteiger charge is -2.42. The lowest BCUT2D eigenvalue weighted by Crippen LogP contribution is -2.47. The second-order valence-corrected chi connectivity index (χ2v) is 12.7. The van der Waals surface area contributed by atoms with Crippen LogP contribution in [-0.2, 0) is 25.7 Å². The molecule has 4 atom stereocenters. The molecule has 2 aromatic carbocycles. The third-order valence-electron chi connectivity index (χ3n) is 10.3. The molecule has 2 aliphatic heterocycles. The van der Waals surface area contributed by atoms with Crippen LogP contribution in [0.15, 0.2) is 83.0 Å². The summed E-state index contributed by atoms with van der Waals surface area (Å²) in [6, 6.07) is 14.9. The number of carbonyl (C=O) groups excluding carboxylic acids is 4. The molecule has 2 saturated heterocycles. The number of nitrogens with zero attached hydrogens (tertiary/aromatic N) is 2. The summed E-state index contributed by atoms with van der Waals surface area (Å²) in [6.45, 7) is 4.10. The number of fused-ring (bicyclic) bond motifs is 3. The molecule has 44 heavy (non-hydrogen) atoms. The normalized spacial score (nSPS) is 27.5. The van der Waals surface area contributed by atoms with Crippen LogP contribution in [0.4, 0.5) is 0 Å². The van der Waals surface area contributed by atoms with Gasteiger partial charge in [0.15, 0.2) is 11.6 Å². The van der Waals surface area contributed by atoms with Gasteiger partial charge in [0.05, 0.1) is 18.9 Å². The second-order valence-electron chi connectivity index (χ2n) is 12.7. The molecule has 0 radical (unpaired) electrons. The van der Waals surface area contributed by atoms with Crippen molar-refractivity contribution in [3.05, 3.63) is 94.1 Å². The number of imide groups is 1. The fourth-order valence-corrected chi connectivity index (χ4v) is 8.22. The number of methoxy groups -OCH3 is 1. The number of aromatic hydroxyl groups is 1. The van der Waals surface area contributed by atoms with Crippen LogP contribution in [0.1, 0.15) is 49.7 Å². The number of likely N-dealkylation sites (tertiary alicyclic amines) is 2. The second kappa shape index (κ2) is 11.0. The summed E-state index contributed by atoms with van der Waals surface area (Å²) >= 11 is 0. The summed E-state index contributed by atoms with van der Waals surface area (Å²) in [5.41, 5.74) is 3.99. The molecule has 0 saturated carbocycles. The van der Waals surface area contributed by atoms with Gasteiger partial charge in [0.25, 0.3) is 0 Å². The Kier molecular flexibility index (Phi) is 7.12. The first kappa shape index (κ1) is 28.5. The number of Topliss-reactive ketones (excluding diaryl/α,β-unsaturated/α-hetero) is 1. The smallest absolute Gasteiger partial charge is 0.233 e. The molecule has 2 aromatic rings. The predicted molar refractivity (Wildman–Crippen MR) is 163 cm³/mol. The van der Waals surface area contributed by atoms with Crippen LogP contribution in [-0.4, -0.2) is 64.5 Å². The highest BCUT2D eigenvalue weighted by molar-refractivity contribution is 6.24. The topological polar surface area (TPSA) is 104 Å². The number of allylic oxidation sites excluding steroid dienone is 6. The van der Waals surface area contributed by atoms with Crippen LogP contribution < -0.4 is 4.74 Å². The molecule has 7 rings (SSSR count). The van der Waals surface area contributed by atoms with E-state index < -0.39 is 17.8 Å². The molecule has 3 aliphatic carbocycles. The van der Waals surface area contributed by atoms with Gasteiger partial charge in [-0.25, -0.2) is 0 Å². The predicted octanol–water partition coefficient (Wildman–Crippen LogP) is 4.49. The van der Waals surface area contributed by atoms with Gasteiger partial charge in [-0.2, -0.15) is 0 Å². The number of amides is 2. The Labute approximate surface area is 256 Å².